The van der Waals surface area contributed by atoms with E-state index in [1.807, 2.05) is 54.1 Å². The van der Waals surface area contributed by atoms with Gasteiger partial charge in [-0.2, -0.15) is 36.4 Å². The van der Waals surface area contributed by atoms with Crippen LogP contribution in [0.1, 0.15) is 5.56 Å². The van der Waals surface area contributed by atoms with Gasteiger partial charge < -0.3 is 9.48 Å². The van der Waals surface area contributed by atoms with Crippen LogP contribution in [-0.2, 0) is 1670 Å². The third kappa shape index (κ3) is 210. The second kappa shape index (κ2) is 267. The summed E-state index contributed by atoms with van der Waals surface area (Å²) in [7, 11) is 4.03. The molecule has 277 valence electrons. The minimum absolute atomic E-state index is 0. The van der Waals surface area contributed by atoms with Crippen LogP contribution in [0.15, 0.2) is 91.2 Å². The summed E-state index contributed by atoms with van der Waals surface area (Å²) >= 11 is 0. The van der Waals surface area contributed by atoms with Crippen molar-refractivity contribution in [1.29, 1.82) is 0 Å². The fraction of sp³-hybridized carbons (Fsp3) is 0.0870. The van der Waals surface area contributed by atoms with E-state index in [2.05, 4.69) is 72.9 Å². The van der Waals surface area contributed by atoms with Gasteiger partial charge in [0.15, 0.2) is 0 Å². The van der Waals surface area contributed by atoms with Gasteiger partial charge >= 0.3 is 0 Å². The van der Waals surface area contributed by atoms with Crippen molar-refractivity contribution in [3.05, 3.63) is 103 Å². The average molecular weight is 4860 g/mol. The number of nitrogens with zero attached hydrogens (tertiary/aromatic N) is 2. The topological polar surface area (TPSA) is 6.25 Å². The molecule has 2 aromatic carbocycles. The number of fused-ring (bicyclic) bond motifs is 1. The Morgan fingerprint density at radius 3 is 0.908 bits per heavy atom. The van der Waals surface area contributed by atoms with Crippen LogP contribution in [0.3, 0.4) is 0 Å². The van der Waals surface area contributed by atoms with Crippen molar-refractivity contribution in [2.45, 2.75) is 0 Å². The van der Waals surface area contributed by atoms with E-state index in [9.17, 15) is 0 Å². The summed E-state index contributed by atoms with van der Waals surface area (Å²) in [6.45, 7) is 0. The summed E-state index contributed by atoms with van der Waals surface area (Å²) in [5.74, 6) is 0. The first-order valence-electron chi connectivity index (χ1n) is 8.26. The predicted octanol–water partition coefficient (Wildman–Crippen LogP) is 4.74. The van der Waals surface area contributed by atoms with Crippen molar-refractivity contribution in [3.8, 4) is 0 Å². The molecule has 2 aromatic rings. The van der Waals surface area contributed by atoms with E-state index in [1.165, 1.54) is 16.8 Å². The molecule has 0 spiro atoms. The molecule has 53 heteroatoms. The number of hydrogen-bond acceptors (Lipinski definition) is 1. The van der Waals surface area contributed by atoms with Gasteiger partial charge in [-0.1, -0.05) is 30.4 Å². The van der Waals surface area contributed by atoms with Gasteiger partial charge in [0.2, 0.25) is 0 Å². The molecule has 0 amide bonds. The number of benzene rings is 2. The molecule has 0 saturated heterocycles. The normalized spacial score (nSPS) is 5.32. The first-order valence-corrected chi connectivity index (χ1v) is 8.26. The van der Waals surface area contributed by atoms with Gasteiger partial charge in [0, 0.05) is 1690 Å². The zero-order chi connectivity index (χ0) is 17.5. The van der Waals surface area contributed by atoms with E-state index in [0.29, 0.717) is 0 Å². The van der Waals surface area contributed by atoms with Gasteiger partial charge in [0.1, 0.15) is 13.3 Å². The summed E-state index contributed by atoms with van der Waals surface area (Å²) < 4.78 is 1.92. The van der Waals surface area contributed by atoms with Gasteiger partial charge in [-0.15, -0.1) is 12.2 Å². The van der Waals surface area contributed by atoms with Crippen molar-refractivity contribution in [3.63, 3.8) is 0 Å². The van der Waals surface area contributed by atoms with E-state index >= 15 is 0 Å². The molecular weight excluding hydrogens is 4840 g/mol. The molecule has 0 aromatic heterocycles. The van der Waals surface area contributed by atoms with E-state index in [0.717, 1.165) is 5.69 Å². The number of allylic oxidation sites excluding steroid dienone is 7. The Morgan fingerprint density at radius 1 is 0.355 bits per heavy atom. The first kappa shape index (κ1) is 330. The van der Waals surface area contributed by atoms with Gasteiger partial charge in [-0.05, 0) is 23.4 Å². The molecule has 1 aliphatic heterocycles. The number of anilines is 1. The van der Waals surface area contributed by atoms with Crippen LogP contribution in [0, 0.1) is 6.07 Å². The predicted molar refractivity (Wildman–Crippen MR) is 106 cm³/mol. The van der Waals surface area contributed by atoms with Crippen LogP contribution in [0.2, 0.25) is 0 Å². The van der Waals surface area contributed by atoms with Crippen LogP contribution in [-0.4, -0.2) is 24.9 Å². The maximum atomic E-state index is 3.19. The molecule has 1 heterocycles. The minimum Gasteiger partial charge on any atom is -0.351 e. The largest absolute Gasteiger partial charge is 0.351 e. The molecule has 0 unspecified atom stereocenters. The second-order valence-corrected chi connectivity index (χ2v) is 5.75. The van der Waals surface area contributed by atoms with Crippen molar-refractivity contribution in [1.82, 2.24) is 0 Å². The fourth-order valence-electron chi connectivity index (χ4n) is 2.63. The maximum Gasteiger partial charge on any atom is 0.113 e. The van der Waals surface area contributed by atoms with Gasteiger partial charge in [-0.25, -0.2) is 0 Å². The Labute approximate surface area is 1750 Å². The SMILES string of the molecule is CN1C=C\C(=C/C=C/C=C/[C-]=[N+](C)c2[c-]cccc2)c2ccccc21.[Y].[Y].[Y].[Y].[Y].[Y].[Y].[Y].[Y].[Y].[Y].[Y].[Y].[Y].[Y].[Y].[Y].[Y].[Y].[Y].[Y].[Y].[Y].[Y].[Y].[Y].[Y].[Y].[Y].[Y].[Y].[Y].[Y].[Y].[Y].[Y].[Y].[Y].[Y].[Y].[Y].[Y].[Y].[Y].[Y].[Y].[Y].[Y].[Y].[Y].[Y]. The third-order valence-electron chi connectivity index (χ3n) is 3.99. The smallest absolute Gasteiger partial charge is 0.113 e. The zero-order valence-electron chi connectivity index (χ0n) is 44.0. The summed E-state index contributed by atoms with van der Waals surface area (Å²) in [4.78, 5) is 2.14. The maximum absolute atomic E-state index is 3.19. The summed E-state index contributed by atoms with van der Waals surface area (Å²) in [5, 5.41) is 0. The van der Waals surface area contributed by atoms with Gasteiger partial charge in [0.05, 0.1) is 0 Å². The average Bonchev–Trinajstić information content (AvgIpc) is 2.67. The second-order valence-electron chi connectivity index (χ2n) is 5.75. The summed E-state index contributed by atoms with van der Waals surface area (Å²) in [5.41, 5.74) is 4.68. The first-order chi connectivity index (χ1) is 12.3. The Balaban J connectivity index is -0.00000000304. The van der Waals surface area contributed by atoms with Crippen LogP contribution >= 0.6 is 0 Å². The molecule has 1 aliphatic rings. The van der Waals surface area contributed by atoms with Gasteiger partial charge in [-0.3, -0.25) is 0 Å². The van der Waals surface area contributed by atoms with E-state index in [1.54, 1.807) is 0 Å². The van der Waals surface area contributed by atoms with Crippen LogP contribution in [0.5, 0.6) is 0 Å². The van der Waals surface area contributed by atoms with Crippen LogP contribution in [0.25, 0.3) is 5.57 Å². The quantitative estimate of drug-likeness (QED) is 0.186. The van der Waals surface area contributed by atoms with Gasteiger partial charge in [0.25, 0.3) is 0 Å². The third-order valence-corrected chi connectivity index (χ3v) is 3.99. The molecule has 0 atom stereocenters. The van der Waals surface area contributed by atoms with Crippen molar-refractivity contribution in [2.75, 3.05) is 19.0 Å². The van der Waals surface area contributed by atoms with Crippen molar-refractivity contribution < 1.29 is 1670 Å². The van der Waals surface area contributed by atoms with Crippen LogP contribution in [0.4, 0.5) is 11.4 Å². The molecule has 0 saturated carbocycles. The van der Waals surface area contributed by atoms with E-state index < -0.39 is 0 Å². The number of rotatable bonds is 4. The summed E-state index contributed by atoms with van der Waals surface area (Å²) in [6.07, 6.45) is 17.5. The monoisotopic (exact) mass is 4860 g/mol. The van der Waals surface area contributed by atoms with Crippen LogP contribution < -0.4 is 4.90 Å². The van der Waals surface area contributed by atoms with E-state index in [-0.39, 0.29) is 1670 Å². The van der Waals surface area contributed by atoms with Crippen molar-refractivity contribution in [2.24, 2.45) is 0 Å². The zero-order valence-corrected chi connectivity index (χ0v) is 189. The van der Waals surface area contributed by atoms with E-state index in [4.69, 9.17) is 0 Å². The molecule has 51 radical (unpaired) electrons. The molecular formula is C23H21N2Y51-. The standard InChI is InChI=1S/C23H21N2.51Y/c1-24(21-13-7-5-8-14-21)18-11-4-3-6-12-20-17-19-25(2)23-16-10-9-15-22(20)23;;;;;;;;;;;;;;;;;;;;;;;;;;;;;;;;;;;;;;;;;;;;;;;;;;;/h3-13,15-17,19H,1-2H3;;;;;;;;;;;;;;;;;;;;;;;;;;;;;;;;;;;;;;;;;;;;;;;;;;;/q-1;;;;;;;;;;;;;;;;;;;;;;;;;;;;;;;;;;;;;;;;;;;;;;;;;;;/b6-3+,11-4+,20-12+;;;;;;;;;;;;;;;;;;;;;;;;;;;;;;;;;;;;;;;;;;;;;;;;;;;. The van der Waals surface area contributed by atoms with Crippen molar-refractivity contribution >= 4 is 23.2 Å². The molecule has 76 heavy (non-hydrogen) atoms. The molecule has 0 N–H and O–H groups in total. The molecule has 3 rings (SSSR count). The Morgan fingerprint density at radius 2 is 0.632 bits per heavy atom. The molecule has 0 aliphatic carbocycles. The Bertz CT molecular complexity index is 937. The number of hydrogen-bond donors (Lipinski definition) is 0. The Kier molecular flexibility index (Phi) is 1160. The minimum atomic E-state index is 0. The molecule has 2 nitrogen and oxygen atoms in total. The Hall–Kier alpha value is 53.2. The molecule has 0 fully saturated rings. The fourth-order valence-corrected chi connectivity index (χ4v) is 2.63. The number of para-hydroxylation sites is 2. The summed E-state index contributed by atoms with van der Waals surface area (Å²) in [6, 6.07) is 19.4. The molecule has 0 bridgehead atoms.